The lowest BCUT2D eigenvalue weighted by atomic mass is 10.1. The first-order valence-corrected chi connectivity index (χ1v) is 10.1. The molecule has 31 heavy (non-hydrogen) atoms. The Kier molecular flexibility index (Phi) is 8.75. The van der Waals surface area contributed by atoms with Gasteiger partial charge >= 0.3 is 11.3 Å². The van der Waals surface area contributed by atoms with Crippen molar-refractivity contribution in [1.82, 2.24) is 5.32 Å². The zero-order valence-corrected chi connectivity index (χ0v) is 18.3. The average Bonchev–Trinajstić information content (AvgIpc) is 2.65. The molecule has 0 aromatic carbocycles. The number of hydrogen-bond donors (Lipinski definition) is 3. The molecule has 2 aromatic heterocycles. The molecule has 0 aliphatic carbocycles. The molecular formula is C22H29N3O6. The van der Waals surface area contributed by atoms with E-state index in [0.29, 0.717) is 36.0 Å². The topological polar surface area (TPSA) is 138 Å². The summed E-state index contributed by atoms with van der Waals surface area (Å²) in [5, 5.41) is 23.1. The average molecular weight is 431 g/mol. The van der Waals surface area contributed by atoms with Crippen LogP contribution in [0.15, 0.2) is 40.5 Å². The van der Waals surface area contributed by atoms with E-state index < -0.39 is 11.3 Å². The first kappa shape index (κ1) is 24.1. The van der Waals surface area contributed by atoms with Gasteiger partial charge in [0.25, 0.3) is 0 Å². The Morgan fingerprint density at radius 1 is 0.839 bits per heavy atom. The monoisotopic (exact) mass is 431 g/mol. The lowest BCUT2D eigenvalue weighted by Gasteiger charge is -2.05. The summed E-state index contributed by atoms with van der Waals surface area (Å²) >= 11 is 0. The second-order valence-corrected chi connectivity index (χ2v) is 7.20. The maximum absolute atomic E-state index is 11.9. The van der Waals surface area contributed by atoms with E-state index in [1.807, 2.05) is 0 Å². The predicted molar refractivity (Wildman–Crippen MR) is 119 cm³/mol. The number of nitrogens with zero attached hydrogens (tertiary/aromatic N) is 2. The third-order valence-corrected chi connectivity index (χ3v) is 4.55. The van der Waals surface area contributed by atoms with E-state index >= 15 is 0 Å². The van der Waals surface area contributed by atoms with Gasteiger partial charge in [-0.2, -0.15) is 0 Å². The van der Waals surface area contributed by atoms with Crippen molar-refractivity contribution in [3.8, 4) is 11.5 Å². The molecule has 9 nitrogen and oxygen atoms in total. The molecule has 0 fully saturated rings. The van der Waals surface area contributed by atoms with Crippen LogP contribution in [0.2, 0.25) is 0 Å². The van der Waals surface area contributed by atoms with Crippen LogP contribution in [0.5, 0.6) is 11.5 Å². The van der Waals surface area contributed by atoms with Crippen LogP contribution in [0.25, 0.3) is 0 Å². The van der Waals surface area contributed by atoms with Gasteiger partial charge in [-0.05, 0) is 53.6 Å². The normalized spacial score (nSPS) is 12.4. The minimum absolute atomic E-state index is 0.0976. The fourth-order valence-electron chi connectivity index (χ4n) is 3.04. The molecule has 2 heterocycles. The molecule has 0 saturated heterocycles. The summed E-state index contributed by atoms with van der Waals surface area (Å²) in [5.74, 6) is 0.449. The Bertz CT molecular complexity index is 996. The van der Waals surface area contributed by atoms with Crippen LogP contribution in [-0.2, 0) is 0 Å². The Balaban J connectivity index is 1.71. The maximum atomic E-state index is 11.9. The highest BCUT2D eigenvalue weighted by Gasteiger charge is 2.13. The van der Waals surface area contributed by atoms with E-state index in [0.717, 1.165) is 25.9 Å². The molecule has 168 valence electrons. The summed E-state index contributed by atoms with van der Waals surface area (Å²) in [7, 11) is 0. The van der Waals surface area contributed by atoms with E-state index in [1.165, 1.54) is 12.1 Å². The van der Waals surface area contributed by atoms with Gasteiger partial charge in [0.1, 0.15) is 34.1 Å². The van der Waals surface area contributed by atoms with Crippen molar-refractivity contribution in [3.63, 3.8) is 0 Å². The molecule has 0 spiro atoms. The Hall–Kier alpha value is -3.20. The van der Waals surface area contributed by atoms with Gasteiger partial charge in [0.2, 0.25) is 0 Å². The summed E-state index contributed by atoms with van der Waals surface area (Å²) in [6.07, 6.45) is 1.52. The molecule has 2 rings (SSSR count). The number of aliphatic imine (C=N–C) groups is 2. The quantitative estimate of drug-likeness (QED) is 0.388. The minimum atomic E-state index is -0.593. The summed E-state index contributed by atoms with van der Waals surface area (Å²) in [6, 6.07) is 2.79. The van der Waals surface area contributed by atoms with Crippen LogP contribution >= 0.6 is 0 Å². The molecule has 3 N–H and O–H groups in total. The molecule has 0 atom stereocenters. The van der Waals surface area contributed by atoms with Gasteiger partial charge in [-0.15, -0.1) is 0 Å². The summed E-state index contributed by atoms with van der Waals surface area (Å²) in [5.41, 5.74) is -0.102. The lowest BCUT2D eigenvalue weighted by Crippen LogP contribution is -2.19. The maximum Gasteiger partial charge on any atom is 0.348 e. The molecule has 2 aromatic rings. The van der Waals surface area contributed by atoms with Crippen molar-refractivity contribution in [2.45, 2.75) is 40.5 Å². The SMILES string of the molecule is CC(=NCCCNCCCN=C(C)c1c(O)cc(C)oc1=O)c1c(O)cc(C)oc1=O. The van der Waals surface area contributed by atoms with Crippen LogP contribution < -0.4 is 16.6 Å². The molecule has 0 saturated carbocycles. The van der Waals surface area contributed by atoms with E-state index in [4.69, 9.17) is 8.83 Å². The summed E-state index contributed by atoms with van der Waals surface area (Å²) in [6.45, 7) is 9.00. The fraction of sp³-hybridized carbons (Fsp3) is 0.455. The van der Waals surface area contributed by atoms with Crippen molar-refractivity contribution in [3.05, 3.63) is 55.6 Å². The Morgan fingerprint density at radius 2 is 1.23 bits per heavy atom. The molecular weight excluding hydrogens is 402 g/mol. The standard InChI is InChI=1S/C22H29N3O6/c1-13-11-17(26)19(21(28)30-13)15(3)24-9-5-7-23-8-6-10-25-16(4)20-18(27)12-14(2)31-22(20)29/h11-12,23,26-27H,5-10H2,1-4H3. The minimum Gasteiger partial charge on any atom is -0.507 e. The van der Waals surface area contributed by atoms with Gasteiger partial charge in [0.15, 0.2) is 0 Å². The van der Waals surface area contributed by atoms with Gasteiger partial charge in [-0.25, -0.2) is 9.59 Å². The predicted octanol–water partition coefficient (Wildman–Crippen LogP) is 2.31. The largest absolute Gasteiger partial charge is 0.507 e. The Labute approximate surface area is 180 Å². The molecule has 0 aliphatic rings. The highest BCUT2D eigenvalue weighted by Crippen LogP contribution is 2.16. The van der Waals surface area contributed by atoms with Crippen LogP contribution in [0.4, 0.5) is 0 Å². The number of aryl methyl sites for hydroxylation is 2. The number of hydrogen-bond acceptors (Lipinski definition) is 9. The van der Waals surface area contributed by atoms with E-state index in [2.05, 4.69) is 15.3 Å². The van der Waals surface area contributed by atoms with E-state index in [1.54, 1.807) is 27.7 Å². The number of nitrogens with one attached hydrogen (secondary N) is 1. The van der Waals surface area contributed by atoms with Crippen molar-refractivity contribution in [1.29, 1.82) is 0 Å². The lowest BCUT2D eigenvalue weighted by molar-refractivity contribution is 0.431. The first-order valence-electron chi connectivity index (χ1n) is 10.1. The molecule has 0 aliphatic heterocycles. The highest BCUT2D eigenvalue weighted by molar-refractivity contribution is 6.01. The molecule has 0 bridgehead atoms. The third kappa shape index (κ3) is 6.92. The first-order chi connectivity index (χ1) is 14.7. The van der Waals surface area contributed by atoms with Gasteiger partial charge in [-0.1, -0.05) is 0 Å². The highest BCUT2D eigenvalue weighted by atomic mass is 16.4. The van der Waals surface area contributed by atoms with Gasteiger partial charge < -0.3 is 24.4 Å². The van der Waals surface area contributed by atoms with Gasteiger partial charge in [0.05, 0.1) is 11.4 Å². The van der Waals surface area contributed by atoms with Crippen molar-refractivity contribution in [2.75, 3.05) is 26.2 Å². The number of aromatic hydroxyl groups is 2. The smallest absolute Gasteiger partial charge is 0.348 e. The van der Waals surface area contributed by atoms with Crippen molar-refractivity contribution < 1.29 is 19.0 Å². The van der Waals surface area contributed by atoms with Crippen LogP contribution in [0, 0.1) is 13.8 Å². The molecule has 9 heteroatoms. The Morgan fingerprint density at radius 3 is 1.58 bits per heavy atom. The fourth-order valence-corrected chi connectivity index (χ4v) is 3.04. The molecule has 0 radical (unpaired) electrons. The second kappa shape index (κ2) is 11.3. The molecule has 0 unspecified atom stereocenters. The van der Waals surface area contributed by atoms with Gasteiger partial charge in [0, 0.05) is 25.2 Å². The van der Waals surface area contributed by atoms with Crippen molar-refractivity contribution in [2.24, 2.45) is 9.98 Å². The van der Waals surface area contributed by atoms with Crippen LogP contribution in [-0.4, -0.2) is 47.8 Å². The van der Waals surface area contributed by atoms with Gasteiger partial charge in [-0.3, -0.25) is 9.98 Å². The van der Waals surface area contributed by atoms with E-state index in [-0.39, 0.29) is 22.6 Å². The summed E-state index contributed by atoms with van der Waals surface area (Å²) < 4.78 is 10.0. The molecule has 0 amide bonds. The van der Waals surface area contributed by atoms with E-state index in [9.17, 15) is 19.8 Å². The van der Waals surface area contributed by atoms with Crippen LogP contribution in [0.1, 0.15) is 49.3 Å². The third-order valence-electron chi connectivity index (χ3n) is 4.55. The number of rotatable bonds is 10. The zero-order valence-electron chi connectivity index (χ0n) is 18.3. The van der Waals surface area contributed by atoms with Crippen molar-refractivity contribution >= 4 is 11.4 Å². The van der Waals surface area contributed by atoms with Crippen LogP contribution in [0.3, 0.4) is 0 Å². The zero-order chi connectivity index (χ0) is 23.0. The summed E-state index contributed by atoms with van der Waals surface area (Å²) in [4.78, 5) is 32.4. The second-order valence-electron chi connectivity index (χ2n) is 7.20.